The molecule has 0 spiro atoms. The van der Waals surface area contributed by atoms with Crippen LogP contribution in [0.4, 0.5) is 5.69 Å². The van der Waals surface area contributed by atoms with Crippen LogP contribution in [0, 0.1) is 10.1 Å². The smallest absolute Gasteiger partial charge is 0.307 e. The molecule has 0 fully saturated rings. The minimum absolute atomic E-state index is 0.0749. The van der Waals surface area contributed by atoms with E-state index in [0.29, 0.717) is 12.3 Å². The number of nitrogens with one attached hydrogen (secondary N) is 1. The molecule has 1 amide bonds. The highest BCUT2D eigenvalue weighted by Gasteiger charge is 2.12. The summed E-state index contributed by atoms with van der Waals surface area (Å²) in [5, 5.41) is 18.8. The number of hydrazone groups is 1. The number of furan rings is 1. The molecule has 2 aromatic heterocycles. The van der Waals surface area contributed by atoms with Crippen LogP contribution >= 0.6 is 15.9 Å². The van der Waals surface area contributed by atoms with E-state index in [2.05, 4.69) is 31.6 Å². The fraction of sp³-hybridized carbons (Fsp3) is 0.0625. The van der Waals surface area contributed by atoms with E-state index < -0.39 is 10.8 Å². The minimum Gasteiger partial charge on any atom is -0.454 e. The number of carbonyl (C=O) groups is 1. The van der Waals surface area contributed by atoms with Gasteiger partial charge >= 0.3 is 5.91 Å². The summed E-state index contributed by atoms with van der Waals surface area (Å²) >= 11 is 3.30. The first-order chi connectivity index (χ1) is 12.5. The molecule has 9 nitrogen and oxygen atoms in total. The molecular formula is C16H12BrN5O4. The van der Waals surface area contributed by atoms with E-state index in [1.165, 1.54) is 24.4 Å². The molecule has 1 aromatic carbocycles. The zero-order chi connectivity index (χ0) is 18.5. The van der Waals surface area contributed by atoms with Crippen LogP contribution in [-0.2, 0) is 6.54 Å². The molecule has 0 atom stereocenters. The molecule has 26 heavy (non-hydrogen) atoms. The van der Waals surface area contributed by atoms with Crippen LogP contribution in [0.3, 0.4) is 0 Å². The lowest BCUT2D eigenvalue weighted by atomic mass is 10.2. The van der Waals surface area contributed by atoms with Crippen LogP contribution in [0.25, 0.3) is 0 Å². The van der Waals surface area contributed by atoms with Gasteiger partial charge in [-0.25, -0.2) is 5.43 Å². The first-order valence-electron chi connectivity index (χ1n) is 7.36. The molecule has 0 saturated heterocycles. The van der Waals surface area contributed by atoms with Crippen molar-refractivity contribution in [1.82, 2.24) is 15.2 Å². The number of hydrogen-bond acceptors (Lipinski definition) is 6. The van der Waals surface area contributed by atoms with E-state index in [0.717, 1.165) is 4.47 Å². The van der Waals surface area contributed by atoms with Gasteiger partial charge in [0.2, 0.25) is 0 Å². The third-order valence-corrected chi connectivity index (χ3v) is 3.72. The molecule has 3 aromatic rings. The maximum Gasteiger partial charge on any atom is 0.307 e. The van der Waals surface area contributed by atoms with Crippen molar-refractivity contribution in [3.63, 3.8) is 0 Å². The Bertz CT molecular complexity index is 978. The molecule has 0 aliphatic heterocycles. The second-order valence-corrected chi connectivity index (χ2v) is 6.05. The predicted molar refractivity (Wildman–Crippen MR) is 95.9 cm³/mol. The van der Waals surface area contributed by atoms with Gasteiger partial charge < -0.3 is 4.42 Å². The Kier molecular flexibility index (Phi) is 5.23. The van der Waals surface area contributed by atoms with Crippen LogP contribution < -0.4 is 5.43 Å². The number of carbonyl (C=O) groups excluding carboxylic acids is 1. The molecule has 0 bridgehead atoms. The van der Waals surface area contributed by atoms with E-state index in [9.17, 15) is 14.9 Å². The highest BCUT2D eigenvalue weighted by Crippen LogP contribution is 2.15. The Morgan fingerprint density at radius 3 is 2.92 bits per heavy atom. The normalized spacial score (nSPS) is 11.0. The molecule has 0 aliphatic rings. The second-order valence-electron chi connectivity index (χ2n) is 5.14. The van der Waals surface area contributed by atoms with Gasteiger partial charge in [-0.1, -0.05) is 12.1 Å². The van der Waals surface area contributed by atoms with E-state index in [1.807, 2.05) is 0 Å². The first kappa shape index (κ1) is 17.5. The number of para-hydroxylation sites is 1. The van der Waals surface area contributed by atoms with Crippen molar-refractivity contribution in [2.75, 3.05) is 0 Å². The molecule has 0 saturated carbocycles. The summed E-state index contributed by atoms with van der Waals surface area (Å²) in [6.07, 6.45) is 4.63. The Labute approximate surface area is 155 Å². The number of nitrogens with zero attached hydrogens (tertiary/aromatic N) is 4. The Hall–Kier alpha value is -3.27. The molecule has 3 rings (SSSR count). The van der Waals surface area contributed by atoms with Gasteiger partial charge in [0, 0.05) is 12.3 Å². The molecular weight excluding hydrogens is 406 g/mol. The highest BCUT2D eigenvalue weighted by molar-refractivity contribution is 9.10. The Morgan fingerprint density at radius 1 is 1.38 bits per heavy atom. The number of nitro benzene ring substituents is 1. The lowest BCUT2D eigenvalue weighted by Crippen LogP contribution is -2.17. The molecule has 132 valence electrons. The molecule has 1 N–H and O–H groups in total. The maximum absolute atomic E-state index is 12.0. The van der Waals surface area contributed by atoms with Crippen molar-refractivity contribution >= 4 is 33.7 Å². The third-order valence-electron chi connectivity index (χ3n) is 3.31. The van der Waals surface area contributed by atoms with Crippen molar-refractivity contribution in [2.24, 2.45) is 5.10 Å². The van der Waals surface area contributed by atoms with E-state index in [-0.39, 0.29) is 17.0 Å². The number of hydrogen-bond donors (Lipinski definition) is 1. The monoisotopic (exact) mass is 417 g/mol. The van der Waals surface area contributed by atoms with Crippen molar-refractivity contribution in [3.8, 4) is 0 Å². The largest absolute Gasteiger partial charge is 0.454 e. The number of rotatable bonds is 6. The van der Waals surface area contributed by atoms with Crippen LogP contribution in [0.1, 0.15) is 21.9 Å². The van der Waals surface area contributed by atoms with Gasteiger partial charge in [0.1, 0.15) is 5.76 Å². The van der Waals surface area contributed by atoms with Crippen LogP contribution in [0.15, 0.2) is 62.8 Å². The van der Waals surface area contributed by atoms with Crippen LogP contribution in [0.5, 0.6) is 0 Å². The Balaban J connectivity index is 1.63. The standard InChI is InChI=1S/C16H12BrN5O4/c17-12-8-19-21(9-12)10-13-5-6-15(26-13)16(23)20-18-7-11-3-1-2-4-14(11)22(24)25/h1-9H,10H2,(H,20,23)/b18-7-. The van der Waals surface area contributed by atoms with E-state index in [1.54, 1.807) is 35.3 Å². The number of aromatic nitrogens is 2. The lowest BCUT2D eigenvalue weighted by Gasteiger charge is -1.99. The Morgan fingerprint density at radius 2 is 2.19 bits per heavy atom. The van der Waals surface area contributed by atoms with Crippen molar-refractivity contribution in [2.45, 2.75) is 6.54 Å². The summed E-state index contributed by atoms with van der Waals surface area (Å²) < 4.78 is 7.94. The summed E-state index contributed by atoms with van der Waals surface area (Å²) in [5.74, 6) is 0.0621. The fourth-order valence-electron chi connectivity index (χ4n) is 2.15. The number of halogens is 1. The van der Waals surface area contributed by atoms with Gasteiger partial charge in [-0.2, -0.15) is 10.2 Å². The van der Waals surface area contributed by atoms with Gasteiger partial charge in [0.25, 0.3) is 5.69 Å². The molecule has 0 radical (unpaired) electrons. The second kappa shape index (κ2) is 7.74. The first-order valence-corrected chi connectivity index (χ1v) is 8.16. The van der Waals surface area contributed by atoms with Gasteiger partial charge in [-0.05, 0) is 34.1 Å². The van der Waals surface area contributed by atoms with Crippen molar-refractivity contribution < 1.29 is 14.1 Å². The summed E-state index contributed by atoms with van der Waals surface area (Å²) in [7, 11) is 0. The molecule has 0 unspecified atom stereocenters. The summed E-state index contributed by atoms with van der Waals surface area (Å²) in [5.41, 5.74) is 2.46. The van der Waals surface area contributed by atoms with E-state index in [4.69, 9.17) is 4.42 Å². The van der Waals surface area contributed by atoms with Gasteiger partial charge in [0.15, 0.2) is 5.76 Å². The molecule has 10 heteroatoms. The number of amides is 1. The maximum atomic E-state index is 12.0. The average Bonchev–Trinajstić information content (AvgIpc) is 3.24. The zero-order valence-corrected chi connectivity index (χ0v) is 14.8. The van der Waals surface area contributed by atoms with Crippen LogP contribution in [0.2, 0.25) is 0 Å². The van der Waals surface area contributed by atoms with Gasteiger partial charge in [0.05, 0.1) is 33.9 Å². The molecule has 0 aliphatic carbocycles. The highest BCUT2D eigenvalue weighted by atomic mass is 79.9. The lowest BCUT2D eigenvalue weighted by molar-refractivity contribution is -0.385. The quantitative estimate of drug-likeness (QED) is 0.376. The van der Waals surface area contributed by atoms with Crippen LogP contribution in [-0.4, -0.2) is 26.8 Å². The average molecular weight is 418 g/mol. The third kappa shape index (κ3) is 4.22. The summed E-state index contributed by atoms with van der Waals surface area (Å²) in [4.78, 5) is 22.4. The molecule has 2 heterocycles. The van der Waals surface area contributed by atoms with Crippen molar-refractivity contribution in [3.05, 3.63) is 80.5 Å². The predicted octanol–water partition coefficient (Wildman–Crippen LogP) is 2.96. The number of benzene rings is 1. The van der Waals surface area contributed by atoms with Crippen molar-refractivity contribution in [1.29, 1.82) is 0 Å². The SMILES string of the molecule is O=C(N/N=C\c1ccccc1[N+](=O)[O-])c1ccc(Cn2cc(Br)cn2)o1. The topological polar surface area (TPSA) is 116 Å². The van der Waals surface area contributed by atoms with E-state index >= 15 is 0 Å². The summed E-state index contributed by atoms with van der Waals surface area (Å²) in [6, 6.07) is 9.26. The minimum atomic E-state index is -0.562. The zero-order valence-electron chi connectivity index (χ0n) is 13.2. The summed E-state index contributed by atoms with van der Waals surface area (Å²) in [6.45, 7) is 0.373. The van der Waals surface area contributed by atoms with Gasteiger partial charge in [-0.15, -0.1) is 0 Å². The fourth-order valence-corrected chi connectivity index (χ4v) is 2.48. The van der Waals surface area contributed by atoms with Gasteiger partial charge in [-0.3, -0.25) is 19.6 Å². The number of nitro groups is 1.